The maximum atomic E-state index is 14.1. The van der Waals surface area contributed by atoms with Gasteiger partial charge in [-0.3, -0.25) is 18.7 Å². The normalized spacial score (nSPS) is 20.9. The first-order valence-electron chi connectivity index (χ1n) is 13.1. The van der Waals surface area contributed by atoms with Gasteiger partial charge < -0.3 is 5.32 Å². The molecule has 0 unspecified atom stereocenters. The van der Waals surface area contributed by atoms with Gasteiger partial charge in [0.2, 0.25) is 0 Å². The fraction of sp³-hybridized carbons (Fsp3) is 0.500. The van der Waals surface area contributed by atoms with Crippen LogP contribution in [0.1, 0.15) is 86.3 Å². The zero-order valence-electron chi connectivity index (χ0n) is 21.3. The zero-order valence-corrected chi connectivity index (χ0v) is 22.1. The van der Waals surface area contributed by atoms with Gasteiger partial charge in [0, 0.05) is 23.7 Å². The number of thioether (sulfide) groups is 1. The van der Waals surface area contributed by atoms with Crippen molar-refractivity contribution < 1.29 is 9.18 Å². The van der Waals surface area contributed by atoms with Crippen molar-refractivity contribution in [1.29, 1.82) is 0 Å². The lowest BCUT2D eigenvalue weighted by Crippen LogP contribution is -2.46. The molecule has 196 valence electrons. The second-order valence-corrected chi connectivity index (χ2v) is 11.7. The highest BCUT2D eigenvalue weighted by atomic mass is 32.2. The Kier molecular flexibility index (Phi) is 7.51. The summed E-state index contributed by atoms with van der Waals surface area (Å²) in [5.74, 6) is 1.57. The van der Waals surface area contributed by atoms with Crippen LogP contribution < -0.4 is 16.6 Å². The van der Waals surface area contributed by atoms with Crippen molar-refractivity contribution in [3.05, 3.63) is 74.3 Å². The number of nitrogens with one attached hydrogen (secondary N) is 1. The van der Waals surface area contributed by atoms with Gasteiger partial charge in [0.05, 0.1) is 11.6 Å². The molecule has 1 aliphatic carbocycles. The van der Waals surface area contributed by atoms with E-state index in [-0.39, 0.29) is 40.8 Å². The number of halogens is 1. The molecule has 3 aromatic rings. The van der Waals surface area contributed by atoms with Gasteiger partial charge in [-0.2, -0.15) is 11.8 Å². The molecule has 1 saturated heterocycles. The van der Waals surface area contributed by atoms with Gasteiger partial charge in [0.15, 0.2) is 0 Å². The van der Waals surface area contributed by atoms with E-state index >= 15 is 0 Å². The standard InChI is InChI=1S/C28H33FN4O3S/c1-17(2)18-3-5-19(6-4-18)26(34)31-21-7-9-22(10-8-21)33-27(35)24-15-20(29)16-30-25(24)32(28(33)36)23-11-13-37-14-12-23/h3-6,15-17,21-23H,7-14H2,1-2H3,(H,31,34). The van der Waals surface area contributed by atoms with Gasteiger partial charge in [0.25, 0.3) is 11.5 Å². The maximum absolute atomic E-state index is 14.1. The number of pyridine rings is 1. The molecule has 0 bridgehead atoms. The van der Waals surface area contributed by atoms with Crippen LogP contribution in [-0.4, -0.2) is 37.6 Å². The van der Waals surface area contributed by atoms with Crippen LogP contribution in [0, 0.1) is 5.82 Å². The Morgan fingerprint density at radius 2 is 1.65 bits per heavy atom. The summed E-state index contributed by atoms with van der Waals surface area (Å²) in [6.07, 6.45) is 5.19. The molecule has 5 rings (SSSR count). The van der Waals surface area contributed by atoms with Crippen molar-refractivity contribution in [3.8, 4) is 0 Å². The summed E-state index contributed by atoms with van der Waals surface area (Å²) in [5.41, 5.74) is 1.25. The molecule has 0 spiro atoms. The van der Waals surface area contributed by atoms with E-state index in [4.69, 9.17) is 0 Å². The van der Waals surface area contributed by atoms with Crippen molar-refractivity contribution in [2.24, 2.45) is 0 Å². The quantitative estimate of drug-likeness (QED) is 0.518. The highest BCUT2D eigenvalue weighted by Gasteiger charge is 2.29. The molecular formula is C28H33FN4O3S. The number of aromatic nitrogens is 3. The predicted molar refractivity (Wildman–Crippen MR) is 145 cm³/mol. The SMILES string of the molecule is CC(C)c1ccc(C(=O)NC2CCC(n3c(=O)c4cc(F)cnc4n(C4CCSCC4)c3=O)CC2)cc1. The van der Waals surface area contributed by atoms with Gasteiger partial charge in [-0.05, 0) is 79.7 Å². The number of carbonyl (C=O) groups excluding carboxylic acids is 1. The second-order valence-electron chi connectivity index (χ2n) is 10.5. The molecule has 1 N–H and O–H groups in total. The number of amides is 1. The summed E-state index contributed by atoms with van der Waals surface area (Å²) >= 11 is 1.85. The molecule has 0 radical (unpaired) electrons. The summed E-state index contributed by atoms with van der Waals surface area (Å²) in [6, 6.07) is 8.49. The molecule has 1 saturated carbocycles. The molecule has 7 nitrogen and oxygen atoms in total. The van der Waals surface area contributed by atoms with E-state index in [9.17, 15) is 18.8 Å². The van der Waals surface area contributed by atoms with E-state index in [0.29, 0.717) is 37.2 Å². The number of benzene rings is 1. The molecular weight excluding hydrogens is 491 g/mol. The highest BCUT2D eigenvalue weighted by Crippen LogP contribution is 2.30. The van der Waals surface area contributed by atoms with E-state index in [2.05, 4.69) is 24.1 Å². The van der Waals surface area contributed by atoms with E-state index < -0.39 is 11.4 Å². The second kappa shape index (κ2) is 10.8. The highest BCUT2D eigenvalue weighted by molar-refractivity contribution is 7.99. The van der Waals surface area contributed by atoms with Gasteiger partial charge in [-0.1, -0.05) is 26.0 Å². The molecule has 1 amide bonds. The molecule has 2 aromatic heterocycles. The van der Waals surface area contributed by atoms with Crippen LogP contribution in [0.3, 0.4) is 0 Å². The molecule has 0 atom stereocenters. The fourth-order valence-corrected chi connectivity index (χ4v) is 6.65. The molecule has 9 heteroatoms. The first-order chi connectivity index (χ1) is 17.8. The lowest BCUT2D eigenvalue weighted by atomic mass is 9.90. The number of hydrogen-bond acceptors (Lipinski definition) is 5. The average Bonchev–Trinajstić information content (AvgIpc) is 2.91. The third-order valence-electron chi connectivity index (χ3n) is 7.72. The Morgan fingerprint density at radius 3 is 2.30 bits per heavy atom. The summed E-state index contributed by atoms with van der Waals surface area (Å²) in [7, 11) is 0. The summed E-state index contributed by atoms with van der Waals surface area (Å²) in [6.45, 7) is 4.23. The Hall–Kier alpha value is -2.94. The minimum Gasteiger partial charge on any atom is -0.349 e. The maximum Gasteiger partial charge on any atom is 0.333 e. The smallest absolute Gasteiger partial charge is 0.333 e. The average molecular weight is 525 g/mol. The summed E-state index contributed by atoms with van der Waals surface area (Å²) in [4.78, 5) is 44.1. The summed E-state index contributed by atoms with van der Waals surface area (Å²) < 4.78 is 17.1. The number of hydrogen-bond donors (Lipinski definition) is 1. The van der Waals surface area contributed by atoms with E-state index in [1.165, 1.54) is 16.2 Å². The monoisotopic (exact) mass is 524 g/mol. The third kappa shape index (κ3) is 5.23. The van der Waals surface area contributed by atoms with Crippen molar-refractivity contribution in [3.63, 3.8) is 0 Å². The van der Waals surface area contributed by atoms with E-state index in [1.54, 1.807) is 4.57 Å². The van der Waals surface area contributed by atoms with Gasteiger partial charge in [-0.25, -0.2) is 14.2 Å². The first kappa shape index (κ1) is 25.7. The Morgan fingerprint density at radius 1 is 1.00 bits per heavy atom. The van der Waals surface area contributed by atoms with E-state index in [0.717, 1.165) is 30.5 Å². The third-order valence-corrected chi connectivity index (χ3v) is 8.76. The van der Waals surface area contributed by atoms with Gasteiger partial charge >= 0.3 is 5.69 Å². The molecule has 1 aromatic carbocycles. The molecule has 37 heavy (non-hydrogen) atoms. The van der Waals surface area contributed by atoms with Crippen LogP contribution in [-0.2, 0) is 0 Å². The minimum absolute atomic E-state index is 0.0265. The number of nitrogens with zero attached hydrogens (tertiary/aromatic N) is 3. The largest absolute Gasteiger partial charge is 0.349 e. The predicted octanol–water partition coefficient (Wildman–Crippen LogP) is 4.80. The Labute approximate surface area is 219 Å². The van der Waals surface area contributed by atoms with Crippen molar-refractivity contribution in [2.45, 2.75) is 76.4 Å². The summed E-state index contributed by atoms with van der Waals surface area (Å²) in [5, 5.41) is 3.26. The number of rotatable bonds is 5. The Balaban J connectivity index is 1.37. The molecule has 2 fully saturated rings. The fourth-order valence-electron chi connectivity index (χ4n) is 5.57. The Bertz CT molecular complexity index is 1400. The van der Waals surface area contributed by atoms with Crippen LogP contribution >= 0.6 is 11.8 Å². The number of fused-ring (bicyclic) bond motifs is 1. The van der Waals surface area contributed by atoms with E-state index in [1.807, 2.05) is 36.0 Å². The lowest BCUT2D eigenvalue weighted by Gasteiger charge is -2.31. The van der Waals surface area contributed by atoms with Crippen molar-refractivity contribution in [2.75, 3.05) is 11.5 Å². The minimum atomic E-state index is -0.589. The van der Waals surface area contributed by atoms with Crippen LogP contribution in [0.5, 0.6) is 0 Å². The number of carbonyl (C=O) groups is 1. The van der Waals surface area contributed by atoms with Gasteiger partial charge in [-0.15, -0.1) is 0 Å². The zero-order chi connectivity index (χ0) is 26.1. The van der Waals surface area contributed by atoms with Crippen LogP contribution in [0.2, 0.25) is 0 Å². The molecule has 3 heterocycles. The van der Waals surface area contributed by atoms with Crippen LogP contribution in [0.4, 0.5) is 4.39 Å². The van der Waals surface area contributed by atoms with Crippen LogP contribution in [0.25, 0.3) is 11.0 Å². The van der Waals surface area contributed by atoms with Crippen molar-refractivity contribution >= 4 is 28.7 Å². The molecule has 1 aliphatic heterocycles. The van der Waals surface area contributed by atoms with Gasteiger partial charge in [0.1, 0.15) is 11.5 Å². The lowest BCUT2D eigenvalue weighted by molar-refractivity contribution is 0.0921. The topological polar surface area (TPSA) is 86.0 Å². The van der Waals surface area contributed by atoms with Crippen molar-refractivity contribution in [1.82, 2.24) is 19.4 Å². The molecule has 2 aliphatic rings. The van der Waals surface area contributed by atoms with Crippen LogP contribution in [0.15, 0.2) is 46.1 Å². The first-order valence-corrected chi connectivity index (χ1v) is 14.3.